The van der Waals surface area contributed by atoms with Crippen LogP contribution in [0.5, 0.6) is 0 Å². The summed E-state index contributed by atoms with van der Waals surface area (Å²) in [5, 5.41) is 30.0. The van der Waals surface area contributed by atoms with E-state index < -0.39 is 84.3 Å². The molecule has 4 atom stereocenters. The maximum Gasteiger partial charge on any atom is 0.326 e. The molecule has 51 heavy (non-hydrogen) atoms. The molecule has 0 unspecified atom stereocenters. The van der Waals surface area contributed by atoms with E-state index in [9.17, 15) is 43.8 Å². The number of aryl methyl sites for hydroxylation is 1. The number of benzene rings is 2. The number of Topliss-reactive ketones (excluding diaryl/α,β-unsaturated/α-hetero) is 1. The zero-order valence-corrected chi connectivity index (χ0v) is 29.7. The Bertz CT molecular complexity index is 1590. The van der Waals surface area contributed by atoms with E-state index in [0.29, 0.717) is 23.4 Å². The maximum absolute atomic E-state index is 13.6. The SMILES string of the molecule is Cc1ccccc1NC(=O)Nc1ccc(CC(=O)N[C@@H](CC(C)C)C(=O)NCC(=O)[C@@H](CC(=O)O)[C@H](C(=O)N2CCC[C@@H]2C(=O)O)C(C)C)cc1. The van der Waals surface area contributed by atoms with Crippen molar-refractivity contribution in [2.45, 2.75) is 78.8 Å². The van der Waals surface area contributed by atoms with Gasteiger partial charge in [-0.15, -0.1) is 0 Å². The van der Waals surface area contributed by atoms with Crippen molar-refractivity contribution in [3.63, 3.8) is 0 Å². The molecule has 2 aromatic rings. The third kappa shape index (κ3) is 11.9. The molecule has 3 rings (SSSR count). The van der Waals surface area contributed by atoms with E-state index >= 15 is 0 Å². The highest BCUT2D eigenvalue weighted by atomic mass is 16.4. The van der Waals surface area contributed by atoms with Crippen LogP contribution in [0.3, 0.4) is 0 Å². The van der Waals surface area contributed by atoms with Crippen molar-refractivity contribution in [3.05, 3.63) is 59.7 Å². The molecule has 1 aliphatic rings. The van der Waals surface area contributed by atoms with E-state index in [1.807, 2.05) is 39.0 Å². The van der Waals surface area contributed by atoms with Crippen LogP contribution in [0.2, 0.25) is 0 Å². The zero-order chi connectivity index (χ0) is 37.8. The Labute approximate surface area is 297 Å². The average Bonchev–Trinajstić information content (AvgIpc) is 3.55. The molecular weight excluding hydrogens is 658 g/mol. The molecule has 0 spiro atoms. The van der Waals surface area contributed by atoms with Crippen LogP contribution in [0.15, 0.2) is 48.5 Å². The topological polar surface area (TPSA) is 211 Å². The second-order valence-electron chi connectivity index (χ2n) is 13.7. The first-order valence-corrected chi connectivity index (χ1v) is 17.1. The number of likely N-dealkylation sites (tertiary alicyclic amines) is 1. The highest BCUT2D eigenvalue weighted by Gasteiger charge is 2.43. The number of rotatable bonds is 17. The standard InChI is InChI=1S/C37H49N5O9/c1-21(2)17-28(40-31(44)18-24-12-14-25(15-13-24)39-37(51)41-27-10-7-6-9-23(27)5)34(47)38-20-30(43)26(19-32(45)46)33(22(3)4)35(48)42-16-8-11-29(42)36(49)50/h6-7,9-10,12-15,21-22,26,28-29,33H,8,11,16-20H2,1-5H3,(H,38,47)(H,40,44)(H,45,46)(H,49,50)(H2,39,41,51)/t26-,28+,29-,33-/m1/s1. The van der Waals surface area contributed by atoms with Gasteiger partial charge >= 0.3 is 18.0 Å². The van der Waals surface area contributed by atoms with Crippen LogP contribution < -0.4 is 21.3 Å². The molecule has 5 amide bonds. The minimum atomic E-state index is -1.31. The summed E-state index contributed by atoms with van der Waals surface area (Å²) in [6, 6.07) is 11.5. The molecule has 2 aromatic carbocycles. The Hall–Kier alpha value is -5.27. The van der Waals surface area contributed by atoms with E-state index in [0.717, 1.165) is 5.56 Å². The van der Waals surface area contributed by atoms with Gasteiger partial charge in [-0.1, -0.05) is 58.0 Å². The number of carbonyl (C=O) groups excluding carboxylic acids is 5. The number of para-hydroxylation sites is 1. The zero-order valence-electron chi connectivity index (χ0n) is 29.7. The van der Waals surface area contributed by atoms with Gasteiger partial charge in [0, 0.05) is 23.8 Å². The van der Waals surface area contributed by atoms with Crippen LogP contribution in [0.4, 0.5) is 16.2 Å². The molecule has 1 fully saturated rings. The lowest BCUT2D eigenvalue weighted by Crippen LogP contribution is -2.51. The van der Waals surface area contributed by atoms with Crippen molar-refractivity contribution in [1.29, 1.82) is 0 Å². The van der Waals surface area contributed by atoms with E-state index in [4.69, 9.17) is 0 Å². The fourth-order valence-corrected chi connectivity index (χ4v) is 6.30. The van der Waals surface area contributed by atoms with Gasteiger partial charge in [0.15, 0.2) is 5.78 Å². The second-order valence-corrected chi connectivity index (χ2v) is 13.7. The molecule has 1 saturated heterocycles. The number of aliphatic carboxylic acids is 2. The second kappa shape index (κ2) is 18.6. The molecule has 0 aromatic heterocycles. The molecule has 14 nitrogen and oxygen atoms in total. The molecule has 0 saturated carbocycles. The van der Waals surface area contributed by atoms with Crippen LogP contribution in [-0.4, -0.2) is 81.8 Å². The molecular formula is C37H49N5O9. The summed E-state index contributed by atoms with van der Waals surface area (Å²) in [5.74, 6) is -7.78. The minimum Gasteiger partial charge on any atom is -0.481 e. The summed E-state index contributed by atoms with van der Waals surface area (Å²) >= 11 is 0. The summed E-state index contributed by atoms with van der Waals surface area (Å²) in [6.45, 7) is 8.55. The minimum absolute atomic E-state index is 0.0155. The van der Waals surface area contributed by atoms with Crippen LogP contribution >= 0.6 is 0 Å². The number of anilines is 2. The van der Waals surface area contributed by atoms with Crippen LogP contribution in [0.25, 0.3) is 0 Å². The number of ketones is 1. The molecule has 1 aliphatic heterocycles. The highest BCUT2D eigenvalue weighted by Crippen LogP contribution is 2.31. The Morgan fingerprint density at radius 2 is 1.57 bits per heavy atom. The molecule has 1 heterocycles. The van der Waals surface area contributed by atoms with E-state index in [1.165, 1.54) is 4.90 Å². The lowest BCUT2D eigenvalue weighted by molar-refractivity contribution is -0.154. The number of nitrogens with one attached hydrogen (secondary N) is 4. The van der Waals surface area contributed by atoms with Crippen LogP contribution in [0, 0.1) is 30.6 Å². The molecule has 0 bridgehead atoms. The van der Waals surface area contributed by atoms with Crippen LogP contribution in [-0.2, 0) is 35.2 Å². The quantitative estimate of drug-likeness (QED) is 0.141. The predicted octanol–water partition coefficient (Wildman–Crippen LogP) is 3.84. The number of amides is 5. The lowest BCUT2D eigenvalue weighted by atomic mass is 9.77. The van der Waals surface area contributed by atoms with Gasteiger partial charge in [-0.05, 0) is 67.3 Å². The Kier molecular flexibility index (Phi) is 14.7. The molecule has 14 heteroatoms. The summed E-state index contributed by atoms with van der Waals surface area (Å²) in [6.07, 6.45) is 0.247. The van der Waals surface area contributed by atoms with Gasteiger partial charge in [-0.2, -0.15) is 0 Å². The van der Waals surface area contributed by atoms with Crippen molar-refractivity contribution >= 4 is 52.8 Å². The predicted molar refractivity (Wildman–Crippen MR) is 190 cm³/mol. The van der Waals surface area contributed by atoms with Gasteiger partial charge in [-0.25, -0.2) is 9.59 Å². The Morgan fingerprint density at radius 1 is 0.902 bits per heavy atom. The number of urea groups is 1. The molecule has 0 aliphatic carbocycles. The van der Waals surface area contributed by atoms with Gasteiger partial charge in [0.2, 0.25) is 17.7 Å². The van der Waals surface area contributed by atoms with Crippen molar-refractivity contribution in [3.8, 4) is 0 Å². The summed E-state index contributed by atoms with van der Waals surface area (Å²) in [5.41, 5.74) is 2.72. The van der Waals surface area contributed by atoms with E-state index in [-0.39, 0.29) is 31.7 Å². The van der Waals surface area contributed by atoms with Crippen LogP contribution in [0.1, 0.15) is 64.5 Å². The number of carboxylic acids is 2. The first kappa shape index (κ1) is 40.2. The van der Waals surface area contributed by atoms with Gasteiger partial charge in [0.25, 0.3) is 0 Å². The average molecular weight is 708 g/mol. The third-order valence-corrected chi connectivity index (χ3v) is 8.83. The maximum atomic E-state index is 13.6. The normalized spacial score (nSPS) is 15.8. The number of hydrogen-bond acceptors (Lipinski definition) is 7. The Morgan fingerprint density at radius 3 is 2.16 bits per heavy atom. The van der Waals surface area contributed by atoms with E-state index in [1.54, 1.807) is 44.2 Å². The van der Waals surface area contributed by atoms with Gasteiger partial charge < -0.3 is 36.4 Å². The monoisotopic (exact) mass is 707 g/mol. The fourth-order valence-electron chi connectivity index (χ4n) is 6.30. The van der Waals surface area contributed by atoms with Gasteiger partial charge in [0.05, 0.1) is 25.3 Å². The summed E-state index contributed by atoms with van der Waals surface area (Å²) < 4.78 is 0. The van der Waals surface area contributed by atoms with Gasteiger partial charge in [0.1, 0.15) is 12.1 Å². The van der Waals surface area contributed by atoms with Crippen molar-refractivity contribution in [2.24, 2.45) is 23.7 Å². The first-order chi connectivity index (χ1) is 24.1. The first-order valence-electron chi connectivity index (χ1n) is 17.1. The van der Waals surface area contributed by atoms with Gasteiger partial charge in [-0.3, -0.25) is 24.0 Å². The van der Waals surface area contributed by atoms with Crippen molar-refractivity contribution < 1.29 is 43.8 Å². The highest BCUT2D eigenvalue weighted by molar-refractivity contribution is 6.00. The van der Waals surface area contributed by atoms with E-state index in [2.05, 4.69) is 21.3 Å². The fraction of sp³-hybridized carbons (Fsp3) is 0.486. The molecule has 276 valence electrons. The lowest BCUT2D eigenvalue weighted by Gasteiger charge is -2.33. The number of carbonyl (C=O) groups is 7. The third-order valence-electron chi connectivity index (χ3n) is 8.83. The summed E-state index contributed by atoms with van der Waals surface area (Å²) in [4.78, 5) is 90.6. The molecule has 0 radical (unpaired) electrons. The summed E-state index contributed by atoms with van der Waals surface area (Å²) in [7, 11) is 0. The number of hydrogen-bond donors (Lipinski definition) is 6. The number of carboxylic acid groups (broad SMARTS) is 2. The molecule has 6 N–H and O–H groups in total. The van der Waals surface area contributed by atoms with Crippen molar-refractivity contribution in [2.75, 3.05) is 23.7 Å². The van der Waals surface area contributed by atoms with Crippen molar-refractivity contribution in [1.82, 2.24) is 15.5 Å². The Balaban J connectivity index is 1.63. The smallest absolute Gasteiger partial charge is 0.326 e. The number of nitrogens with zero attached hydrogens (tertiary/aromatic N) is 1. The largest absolute Gasteiger partial charge is 0.481 e.